The molecule has 0 saturated heterocycles. The fourth-order valence-corrected chi connectivity index (χ4v) is 3.33. The van der Waals surface area contributed by atoms with Gasteiger partial charge in [0.05, 0.1) is 0 Å². The SMILES string of the molecule is CCCCCCCCCCCCCCCCCCC.CCCCCCl. The molecular weight excluding hydrogens is 324 g/mol. The van der Waals surface area contributed by atoms with Gasteiger partial charge in [-0.15, -0.1) is 11.6 Å². The number of rotatable bonds is 19. The first-order valence-electron chi connectivity index (χ1n) is 11.9. The fraction of sp³-hybridized carbons (Fsp3) is 1.00. The van der Waals surface area contributed by atoms with E-state index in [0.29, 0.717) is 0 Å². The lowest BCUT2D eigenvalue weighted by Gasteiger charge is -2.03. The summed E-state index contributed by atoms with van der Waals surface area (Å²) in [6, 6.07) is 0. The molecule has 0 aromatic heterocycles. The van der Waals surface area contributed by atoms with Crippen LogP contribution in [-0.4, -0.2) is 5.88 Å². The summed E-state index contributed by atoms with van der Waals surface area (Å²) >= 11 is 5.38. The largest absolute Gasteiger partial charge is 0.127 e. The van der Waals surface area contributed by atoms with E-state index in [2.05, 4.69) is 20.8 Å². The summed E-state index contributed by atoms with van der Waals surface area (Å²) in [6.07, 6.45) is 28.6. The van der Waals surface area contributed by atoms with Gasteiger partial charge in [-0.05, 0) is 6.42 Å². The molecule has 0 atom stereocenters. The minimum absolute atomic E-state index is 0.827. The number of alkyl halides is 1. The summed E-state index contributed by atoms with van der Waals surface area (Å²) < 4.78 is 0. The first kappa shape index (κ1) is 27.5. The van der Waals surface area contributed by atoms with Crippen molar-refractivity contribution >= 4 is 11.6 Å². The number of hydrogen-bond donors (Lipinski definition) is 0. The highest BCUT2D eigenvalue weighted by Crippen LogP contribution is 2.13. The predicted octanol–water partition coefficient (Wildman–Crippen LogP) is 10.1. The van der Waals surface area contributed by atoms with Gasteiger partial charge in [0.25, 0.3) is 0 Å². The second kappa shape index (κ2) is 29.1. The Morgan fingerprint density at radius 1 is 0.320 bits per heavy atom. The van der Waals surface area contributed by atoms with Crippen molar-refractivity contribution < 1.29 is 0 Å². The molecule has 1 heteroatoms. The highest BCUT2D eigenvalue weighted by Gasteiger charge is 1.94. The summed E-state index contributed by atoms with van der Waals surface area (Å²) in [4.78, 5) is 0. The van der Waals surface area contributed by atoms with E-state index in [9.17, 15) is 0 Å². The van der Waals surface area contributed by atoms with Gasteiger partial charge in [0.15, 0.2) is 0 Å². The molecule has 0 nitrogen and oxygen atoms in total. The first-order chi connectivity index (χ1) is 12.3. The van der Waals surface area contributed by atoms with E-state index in [1.807, 2.05) is 0 Å². The van der Waals surface area contributed by atoms with Crippen LogP contribution in [0.25, 0.3) is 0 Å². The van der Waals surface area contributed by atoms with Gasteiger partial charge in [0.1, 0.15) is 0 Å². The second-order valence-corrected chi connectivity index (χ2v) is 8.08. The lowest BCUT2D eigenvalue weighted by atomic mass is 10.0. The van der Waals surface area contributed by atoms with E-state index in [-0.39, 0.29) is 0 Å². The van der Waals surface area contributed by atoms with Crippen molar-refractivity contribution in [1.82, 2.24) is 0 Å². The average Bonchev–Trinajstić information content (AvgIpc) is 2.64. The topological polar surface area (TPSA) is 0 Å². The van der Waals surface area contributed by atoms with Crippen LogP contribution in [0.5, 0.6) is 0 Å². The van der Waals surface area contributed by atoms with Crippen LogP contribution in [0.15, 0.2) is 0 Å². The summed E-state index contributed by atoms with van der Waals surface area (Å²) in [6.45, 7) is 6.76. The minimum Gasteiger partial charge on any atom is -0.127 e. The Bertz CT molecular complexity index is 171. The van der Waals surface area contributed by atoms with Crippen molar-refractivity contribution in [2.45, 2.75) is 149 Å². The van der Waals surface area contributed by atoms with Gasteiger partial charge >= 0.3 is 0 Å². The Morgan fingerprint density at radius 2 is 0.520 bits per heavy atom. The van der Waals surface area contributed by atoms with Gasteiger partial charge in [-0.1, -0.05) is 143 Å². The Hall–Kier alpha value is 0.290. The van der Waals surface area contributed by atoms with Crippen LogP contribution in [0.1, 0.15) is 149 Å². The van der Waals surface area contributed by atoms with Crippen LogP contribution in [0.3, 0.4) is 0 Å². The van der Waals surface area contributed by atoms with Crippen molar-refractivity contribution in [3.05, 3.63) is 0 Å². The lowest BCUT2D eigenvalue weighted by Crippen LogP contribution is -1.83. The second-order valence-electron chi connectivity index (χ2n) is 7.70. The zero-order valence-electron chi connectivity index (χ0n) is 18.2. The molecule has 0 heterocycles. The molecule has 0 rings (SSSR count). The third kappa shape index (κ3) is 32.4. The summed E-state index contributed by atoms with van der Waals surface area (Å²) in [5, 5.41) is 0. The smallest absolute Gasteiger partial charge is 0.0223 e. The molecule has 0 saturated carbocycles. The highest BCUT2D eigenvalue weighted by molar-refractivity contribution is 6.17. The third-order valence-electron chi connectivity index (χ3n) is 4.94. The molecule has 0 N–H and O–H groups in total. The molecule has 25 heavy (non-hydrogen) atoms. The molecule has 0 fully saturated rings. The molecule has 0 unspecified atom stereocenters. The Morgan fingerprint density at radius 3 is 0.680 bits per heavy atom. The van der Waals surface area contributed by atoms with Gasteiger partial charge in [-0.3, -0.25) is 0 Å². The molecule has 0 aromatic carbocycles. The van der Waals surface area contributed by atoms with Crippen molar-refractivity contribution in [3.63, 3.8) is 0 Å². The molecular formula is C24H51Cl. The molecule has 0 aliphatic heterocycles. The zero-order valence-corrected chi connectivity index (χ0v) is 19.0. The normalized spacial score (nSPS) is 10.6. The van der Waals surface area contributed by atoms with Crippen LogP contribution in [0.4, 0.5) is 0 Å². The molecule has 0 radical (unpaired) electrons. The Labute approximate surface area is 166 Å². The van der Waals surface area contributed by atoms with Gasteiger partial charge < -0.3 is 0 Å². The van der Waals surface area contributed by atoms with E-state index >= 15 is 0 Å². The van der Waals surface area contributed by atoms with Crippen molar-refractivity contribution in [1.29, 1.82) is 0 Å². The maximum Gasteiger partial charge on any atom is 0.0223 e. The van der Waals surface area contributed by atoms with Gasteiger partial charge in [0.2, 0.25) is 0 Å². The maximum atomic E-state index is 5.38. The van der Waals surface area contributed by atoms with Crippen LogP contribution in [0.2, 0.25) is 0 Å². The van der Waals surface area contributed by atoms with E-state index in [1.54, 1.807) is 0 Å². The van der Waals surface area contributed by atoms with E-state index in [1.165, 1.54) is 128 Å². The predicted molar refractivity (Wildman–Crippen MR) is 120 cm³/mol. The van der Waals surface area contributed by atoms with Crippen LogP contribution in [0, 0.1) is 0 Å². The maximum absolute atomic E-state index is 5.38. The number of hydrogen-bond acceptors (Lipinski definition) is 0. The molecule has 0 spiro atoms. The quantitative estimate of drug-likeness (QED) is 0.156. The van der Waals surface area contributed by atoms with Gasteiger partial charge in [-0.25, -0.2) is 0 Å². The van der Waals surface area contributed by atoms with Crippen molar-refractivity contribution in [3.8, 4) is 0 Å². The molecule has 154 valence electrons. The van der Waals surface area contributed by atoms with Crippen LogP contribution >= 0.6 is 11.6 Å². The number of unbranched alkanes of at least 4 members (excludes halogenated alkanes) is 18. The van der Waals surface area contributed by atoms with E-state index in [4.69, 9.17) is 11.6 Å². The van der Waals surface area contributed by atoms with Crippen molar-refractivity contribution in [2.75, 3.05) is 5.88 Å². The average molecular weight is 375 g/mol. The number of halogens is 1. The molecule has 0 aromatic rings. The molecule has 0 amide bonds. The van der Waals surface area contributed by atoms with Crippen LogP contribution < -0.4 is 0 Å². The van der Waals surface area contributed by atoms with Crippen LogP contribution in [-0.2, 0) is 0 Å². The summed E-state index contributed by atoms with van der Waals surface area (Å²) in [5.74, 6) is 0.827. The highest BCUT2D eigenvalue weighted by atomic mass is 35.5. The van der Waals surface area contributed by atoms with E-state index in [0.717, 1.165) is 5.88 Å². The standard InChI is InChI=1S/C19H40.C5H11Cl/c1-3-5-7-9-11-13-15-17-19-18-16-14-12-10-8-6-4-2;1-2-3-4-5-6/h3-19H2,1-2H3;2-5H2,1H3. The Balaban J connectivity index is 0. The minimum atomic E-state index is 0.827. The first-order valence-corrected chi connectivity index (χ1v) is 12.4. The monoisotopic (exact) mass is 374 g/mol. The lowest BCUT2D eigenvalue weighted by molar-refractivity contribution is 0.529. The summed E-state index contributed by atoms with van der Waals surface area (Å²) in [7, 11) is 0. The molecule has 0 aliphatic carbocycles. The van der Waals surface area contributed by atoms with Gasteiger partial charge in [-0.2, -0.15) is 0 Å². The zero-order chi connectivity index (χ0) is 18.8. The third-order valence-corrected chi connectivity index (χ3v) is 5.21. The van der Waals surface area contributed by atoms with E-state index < -0.39 is 0 Å². The fourth-order valence-electron chi connectivity index (χ4n) is 3.14. The summed E-state index contributed by atoms with van der Waals surface area (Å²) in [5.41, 5.74) is 0. The Kier molecular flexibility index (Phi) is 32.0. The molecule has 0 bridgehead atoms. The molecule has 0 aliphatic rings. The van der Waals surface area contributed by atoms with Gasteiger partial charge in [0, 0.05) is 5.88 Å². The van der Waals surface area contributed by atoms with Crippen molar-refractivity contribution in [2.24, 2.45) is 0 Å².